The summed E-state index contributed by atoms with van der Waals surface area (Å²) >= 11 is 1.90. The second-order valence-electron chi connectivity index (χ2n) is 34.4. The van der Waals surface area contributed by atoms with Gasteiger partial charge in [-0.25, -0.2) is 0 Å². The Morgan fingerprint density at radius 2 is 0.737 bits per heavy atom. The Bertz CT molecular complexity index is 6860. The number of rotatable bonds is 10. The third kappa shape index (κ3) is 11.1. The van der Waals surface area contributed by atoms with Gasteiger partial charge in [0, 0.05) is 86.8 Å². The van der Waals surface area contributed by atoms with Gasteiger partial charge in [-0.3, -0.25) is 0 Å². The van der Waals surface area contributed by atoms with Gasteiger partial charge in [-0.1, -0.05) is 311 Å². The monoisotopic (exact) mass is 1480 g/mol. The summed E-state index contributed by atoms with van der Waals surface area (Å²) < 4.78 is 7.68. The average molecular weight is 1480 g/mol. The van der Waals surface area contributed by atoms with Crippen LogP contribution >= 0.6 is 11.3 Å². The number of aromatic nitrogens is 2. The van der Waals surface area contributed by atoms with Crippen LogP contribution in [0.5, 0.6) is 0 Å². The second-order valence-corrected chi connectivity index (χ2v) is 35.4. The van der Waals surface area contributed by atoms with Gasteiger partial charge in [0.05, 0.1) is 56.2 Å². The average Bonchev–Trinajstić information content (AvgIpc) is 1.16. The van der Waals surface area contributed by atoms with Crippen molar-refractivity contribution < 1.29 is 0 Å². The Balaban J connectivity index is 0.922. The number of para-hydroxylation sites is 3. The van der Waals surface area contributed by atoms with Crippen LogP contribution in [0.3, 0.4) is 0 Å². The van der Waals surface area contributed by atoms with Gasteiger partial charge in [-0.05, 0) is 192 Å². The molecular weight excluding hydrogens is 1400 g/mol. The van der Waals surface area contributed by atoms with Gasteiger partial charge in [-0.2, -0.15) is 0 Å². The molecule has 0 aliphatic carbocycles. The van der Waals surface area contributed by atoms with E-state index in [0.717, 1.165) is 107 Å². The predicted octanol–water partition coefficient (Wildman–Crippen LogP) is 30.9. The summed E-state index contributed by atoms with van der Waals surface area (Å²) in [4.78, 5) is 5.39. The Morgan fingerprint density at radius 3 is 1.32 bits per heavy atom. The van der Waals surface area contributed by atoms with Gasteiger partial charge in [0.2, 0.25) is 0 Å². The van der Waals surface area contributed by atoms with Gasteiger partial charge in [0.15, 0.2) is 0 Å². The van der Waals surface area contributed by atoms with Gasteiger partial charge < -0.3 is 18.9 Å². The molecule has 0 N–H and O–H groups in total. The van der Waals surface area contributed by atoms with E-state index in [1.165, 1.54) is 103 Å². The van der Waals surface area contributed by atoms with Crippen molar-refractivity contribution in [3.8, 4) is 78.1 Å². The largest absolute Gasteiger partial charge is 0.310 e. The van der Waals surface area contributed by atoms with Crippen LogP contribution in [0, 0.1) is 0 Å². The highest BCUT2D eigenvalue weighted by molar-refractivity contribution is 7.26. The molecule has 0 saturated heterocycles. The number of thiophene rings is 1. The molecule has 0 spiro atoms. The van der Waals surface area contributed by atoms with Crippen LogP contribution in [0.15, 0.2) is 352 Å². The molecule has 3 aromatic heterocycles. The van der Waals surface area contributed by atoms with Crippen LogP contribution in [-0.4, -0.2) is 9.13 Å². The Hall–Kier alpha value is -13.1. The van der Waals surface area contributed by atoms with Gasteiger partial charge >= 0.3 is 0 Å². The minimum absolute atomic E-state index is 0.0696. The van der Waals surface area contributed by atoms with Crippen molar-refractivity contribution in [2.24, 2.45) is 0 Å². The standard InChI is InChI=1S/C109H86N4S/c1-107(2,3)75-52-57-94-89(63-75)90-64-76(108(4,5)6)53-58-95(90)110(94)78-54-55-88-98(67-78)113(105-80(70-35-18-12-19-36-70)42-28-43-81(105)71-37-20-13-21-38-71)100-66-77(109(7,8)9)65-99-104(100)103(88)91-62-72(51-56-96(91)111(99)79-60-73(68-31-14-10-15-32-68)59-74(61-79)69-33-16-11-17-34-69)102-85(87-46-29-45-86-84-41-24-27-50-101(84)114-106(86)87)44-30-49-97(102)112-92-47-25-22-39-82(92)83-40-23-26-48-93(83)112/h10-67,103H,1-9H3. The van der Waals surface area contributed by atoms with Crippen molar-refractivity contribution in [1.82, 2.24) is 9.13 Å². The predicted molar refractivity (Wildman–Crippen MR) is 487 cm³/mol. The van der Waals surface area contributed by atoms with E-state index in [4.69, 9.17) is 0 Å². The first-order chi connectivity index (χ1) is 55.5. The zero-order valence-electron chi connectivity index (χ0n) is 65.8. The summed E-state index contributed by atoms with van der Waals surface area (Å²) in [6, 6.07) is 134. The van der Waals surface area contributed by atoms with E-state index in [2.05, 4.69) is 433 Å². The Labute approximate surface area is 671 Å². The minimum atomic E-state index is -0.322. The zero-order chi connectivity index (χ0) is 77.0. The zero-order valence-corrected chi connectivity index (χ0v) is 66.6. The minimum Gasteiger partial charge on any atom is -0.310 e. The SMILES string of the molecule is CC(C)(C)c1cc2c3c(c1)N(c1c(-c4ccccc4)cccc1-c1ccccc1)c1cc(-n4c5ccc(C(C)(C)C)cc5c5cc(C(C)(C)C)ccc54)ccc1C3c1cc(-c3c(-c4cccc5c4sc4ccccc45)cccc3-n3c4ccccc4c4ccccc43)ccc1N2c1cc(-c2ccccc2)cc(-c2ccccc2)c1. The van der Waals surface area contributed by atoms with E-state index in [1.54, 1.807) is 0 Å². The molecule has 1 atom stereocenters. The van der Waals surface area contributed by atoms with Gasteiger partial charge in [-0.15, -0.1) is 11.3 Å². The lowest BCUT2D eigenvalue weighted by Crippen LogP contribution is -2.31. The van der Waals surface area contributed by atoms with Crippen LogP contribution in [0.25, 0.3) is 142 Å². The van der Waals surface area contributed by atoms with Gasteiger partial charge in [0.25, 0.3) is 0 Å². The number of anilines is 6. The number of benzene rings is 16. The number of hydrogen-bond donors (Lipinski definition) is 0. The normalized spacial score (nSPS) is 13.5. The molecule has 1 unspecified atom stereocenters. The van der Waals surface area contributed by atoms with E-state index >= 15 is 0 Å². The molecule has 4 nitrogen and oxygen atoms in total. The van der Waals surface area contributed by atoms with Crippen molar-refractivity contribution in [1.29, 1.82) is 0 Å². The summed E-state index contributed by atoms with van der Waals surface area (Å²) in [6.45, 7) is 21.2. The molecule has 0 saturated carbocycles. The van der Waals surface area contributed by atoms with Gasteiger partial charge in [0.1, 0.15) is 0 Å². The fourth-order valence-electron chi connectivity index (χ4n) is 18.7. The van der Waals surface area contributed by atoms with E-state index in [0.29, 0.717) is 0 Å². The number of fused-ring (bicyclic) bond motifs is 13. The highest BCUT2D eigenvalue weighted by Gasteiger charge is 2.44. The first-order valence-electron chi connectivity index (χ1n) is 40.2. The van der Waals surface area contributed by atoms with E-state index < -0.39 is 0 Å². The molecule has 16 aromatic carbocycles. The van der Waals surface area contributed by atoms with Crippen molar-refractivity contribution in [3.05, 3.63) is 385 Å². The Kier molecular flexibility index (Phi) is 15.9. The van der Waals surface area contributed by atoms with Crippen molar-refractivity contribution in [2.45, 2.75) is 84.5 Å². The lowest BCUT2D eigenvalue weighted by Gasteiger charge is -2.47. The van der Waals surface area contributed by atoms with Crippen molar-refractivity contribution in [3.63, 3.8) is 0 Å². The molecule has 21 rings (SSSR count). The van der Waals surface area contributed by atoms with E-state index in [-0.39, 0.29) is 22.2 Å². The first-order valence-corrected chi connectivity index (χ1v) is 41.0. The molecular formula is C109H86N4S. The first kappa shape index (κ1) is 68.9. The smallest absolute Gasteiger partial charge is 0.0618 e. The third-order valence-electron chi connectivity index (χ3n) is 24.3. The molecule has 0 fully saturated rings. The molecule has 114 heavy (non-hydrogen) atoms. The molecule has 0 bridgehead atoms. The van der Waals surface area contributed by atoms with Crippen LogP contribution in [-0.2, 0) is 16.2 Å². The maximum Gasteiger partial charge on any atom is 0.0618 e. The van der Waals surface area contributed by atoms with Crippen LogP contribution < -0.4 is 9.80 Å². The molecule has 5 heteroatoms. The molecule has 0 amide bonds. The molecule has 5 heterocycles. The van der Waals surface area contributed by atoms with Crippen molar-refractivity contribution in [2.75, 3.05) is 9.80 Å². The third-order valence-corrected chi connectivity index (χ3v) is 25.6. The lowest BCUT2D eigenvalue weighted by atomic mass is 9.73. The highest BCUT2D eigenvalue weighted by Crippen LogP contribution is 2.64. The van der Waals surface area contributed by atoms with Crippen LogP contribution in [0.1, 0.15) is 102 Å². The maximum atomic E-state index is 2.72. The molecule has 2 aliphatic rings. The highest BCUT2D eigenvalue weighted by atomic mass is 32.1. The number of nitrogens with zero attached hydrogens (tertiary/aromatic N) is 4. The fourth-order valence-corrected chi connectivity index (χ4v) is 19.9. The fraction of sp³-hybridized carbons (Fsp3) is 0.119. The summed E-state index contributed by atoms with van der Waals surface area (Å²) in [5.41, 5.74) is 34.6. The summed E-state index contributed by atoms with van der Waals surface area (Å²) in [5.74, 6) is -0.304. The lowest BCUT2D eigenvalue weighted by molar-refractivity contribution is 0.589. The molecule has 19 aromatic rings. The molecule has 0 radical (unpaired) electrons. The molecule has 548 valence electrons. The van der Waals surface area contributed by atoms with Crippen molar-refractivity contribution >= 4 is 109 Å². The number of hydrogen-bond acceptors (Lipinski definition) is 3. The second kappa shape index (κ2) is 26.3. The maximum absolute atomic E-state index is 2.72. The topological polar surface area (TPSA) is 16.3 Å². The van der Waals surface area contributed by atoms with E-state index in [9.17, 15) is 0 Å². The van der Waals surface area contributed by atoms with E-state index in [1.807, 2.05) is 11.3 Å². The Morgan fingerprint density at radius 1 is 0.254 bits per heavy atom. The molecule has 2 aliphatic heterocycles. The summed E-state index contributed by atoms with van der Waals surface area (Å²) in [7, 11) is 0. The summed E-state index contributed by atoms with van der Waals surface area (Å²) in [6.07, 6.45) is 0. The van der Waals surface area contributed by atoms with Crippen LogP contribution in [0.4, 0.5) is 34.1 Å². The summed E-state index contributed by atoms with van der Waals surface area (Å²) in [5, 5.41) is 7.51. The van der Waals surface area contributed by atoms with Crippen LogP contribution in [0.2, 0.25) is 0 Å². The quantitative estimate of drug-likeness (QED) is 0.136.